The van der Waals surface area contributed by atoms with E-state index in [0.29, 0.717) is 16.9 Å². The molecule has 0 saturated carbocycles. The van der Waals surface area contributed by atoms with Crippen LogP contribution in [0.2, 0.25) is 5.15 Å². The van der Waals surface area contributed by atoms with Crippen molar-refractivity contribution in [2.24, 2.45) is 0 Å². The van der Waals surface area contributed by atoms with Crippen LogP contribution in [0.5, 0.6) is 0 Å². The van der Waals surface area contributed by atoms with Crippen molar-refractivity contribution in [3.05, 3.63) is 50.8 Å². The average Bonchev–Trinajstić information content (AvgIpc) is 2.75. The highest BCUT2D eigenvalue weighted by atomic mass is 35.5. The molecule has 0 saturated heterocycles. The summed E-state index contributed by atoms with van der Waals surface area (Å²) in [5.74, 6) is 0. The maximum Gasteiger partial charge on any atom is 0.269 e. The summed E-state index contributed by atoms with van der Waals surface area (Å²) in [6, 6.07) is 7.90. The van der Waals surface area contributed by atoms with Crippen LogP contribution in [0.25, 0.3) is 5.69 Å². The highest BCUT2D eigenvalue weighted by Crippen LogP contribution is 2.31. The molecule has 108 valence electrons. The van der Waals surface area contributed by atoms with Crippen molar-refractivity contribution in [3.63, 3.8) is 0 Å². The number of hydrogen-bond donors (Lipinski definition) is 0. The van der Waals surface area contributed by atoms with Gasteiger partial charge in [0.2, 0.25) is 0 Å². The molecule has 0 unspecified atom stereocenters. The van der Waals surface area contributed by atoms with Gasteiger partial charge in [0.15, 0.2) is 5.15 Å². The second kappa shape index (κ2) is 5.19. The van der Waals surface area contributed by atoms with Crippen LogP contribution in [0.15, 0.2) is 24.3 Å². The van der Waals surface area contributed by atoms with Gasteiger partial charge < -0.3 is 0 Å². The van der Waals surface area contributed by atoms with Crippen LogP contribution in [0.1, 0.15) is 32.0 Å². The van der Waals surface area contributed by atoms with Gasteiger partial charge in [0.05, 0.1) is 16.3 Å². The van der Waals surface area contributed by atoms with E-state index in [2.05, 4.69) is 11.2 Å². The molecule has 2 rings (SSSR count). The normalized spacial score (nSPS) is 11.2. The third-order valence-corrected chi connectivity index (χ3v) is 3.31. The third-order valence-electron chi connectivity index (χ3n) is 2.96. The molecule has 0 N–H and O–H groups in total. The fourth-order valence-electron chi connectivity index (χ4n) is 1.91. The lowest BCUT2D eigenvalue weighted by molar-refractivity contribution is -0.384. The Morgan fingerprint density at radius 1 is 1.33 bits per heavy atom. The van der Waals surface area contributed by atoms with Gasteiger partial charge in [0, 0.05) is 17.5 Å². The van der Waals surface area contributed by atoms with Crippen molar-refractivity contribution < 1.29 is 4.92 Å². The zero-order valence-electron chi connectivity index (χ0n) is 11.8. The summed E-state index contributed by atoms with van der Waals surface area (Å²) in [4.78, 5) is 10.2. The van der Waals surface area contributed by atoms with Gasteiger partial charge in [-0.15, -0.1) is 0 Å². The Hall–Kier alpha value is -2.39. The zero-order chi connectivity index (χ0) is 15.8. The summed E-state index contributed by atoms with van der Waals surface area (Å²) in [6.07, 6.45) is 0. The van der Waals surface area contributed by atoms with E-state index in [1.54, 1.807) is 12.1 Å². The molecule has 0 spiro atoms. The van der Waals surface area contributed by atoms with Crippen molar-refractivity contribution in [1.29, 1.82) is 5.26 Å². The summed E-state index contributed by atoms with van der Waals surface area (Å²) >= 11 is 6.22. The molecule has 1 aromatic heterocycles. The monoisotopic (exact) mass is 304 g/mol. The molecule has 21 heavy (non-hydrogen) atoms. The van der Waals surface area contributed by atoms with Crippen LogP contribution in [-0.4, -0.2) is 14.7 Å². The van der Waals surface area contributed by atoms with Crippen LogP contribution in [0, 0.1) is 21.4 Å². The predicted octanol–water partition coefficient (Wildman–Crippen LogP) is 3.60. The largest absolute Gasteiger partial charge is 0.269 e. The molecule has 0 aliphatic carbocycles. The SMILES string of the molecule is CC(C)(C)c1nn(-c2ccc([N+](=O)[O-])cc2)c(Cl)c1C#N. The molecule has 0 atom stereocenters. The lowest BCUT2D eigenvalue weighted by Crippen LogP contribution is -2.14. The summed E-state index contributed by atoms with van der Waals surface area (Å²) in [7, 11) is 0. The molecule has 1 heterocycles. The van der Waals surface area contributed by atoms with Gasteiger partial charge in [0.1, 0.15) is 11.6 Å². The highest BCUT2D eigenvalue weighted by Gasteiger charge is 2.26. The van der Waals surface area contributed by atoms with Gasteiger partial charge in [0.25, 0.3) is 5.69 Å². The molecule has 0 aliphatic rings. The molecule has 1 aromatic carbocycles. The van der Waals surface area contributed by atoms with Gasteiger partial charge in [-0.3, -0.25) is 10.1 Å². The second-order valence-electron chi connectivity index (χ2n) is 5.56. The molecule has 6 nitrogen and oxygen atoms in total. The molecule has 2 aromatic rings. The molecule has 7 heteroatoms. The van der Waals surface area contributed by atoms with E-state index in [-0.39, 0.29) is 16.3 Å². The fourth-order valence-corrected chi connectivity index (χ4v) is 2.18. The Morgan fingerprint density at radius 3 is 2.29 bits per heavy atom. The number of non-ortho nitro benzene ring substituents is 1. The summed E-state index contributed by atoms with van der Waals surface area (Å²) in [5, 5.41) is 24.5. The lowest BCUT2D eigenvalue weighted by atomic mass is 9.90. The van der Waals surface area contributed by atoms with Gasteiger partial charge in [-0.2, -0.15) is 10.4 Å². The number of nitro benzene ring substituents is 1. The first-order chi connectivity index (χ1) is 9.75. The van der Waals surface area contributed by atoms with E-state index < -0.39 is 4.92 Å². The third kappa shape index (κ3) is 2.73. The molecule has 0 fully saturated rings. The summed E-state index contributed by atoms with van der Waals surface area (Å²) in [6.45, 7) is 5.81. The Morgan fingerprint density at radius 2 is 1.90 bits per heavy atom. The molecular formula is C14H13ClN4O2. The van der Waals surface area contributed by atoms with Gasteiger partial charge >= 0.3 is 0 Å². The van der Waals surface area contributed by atoms with Crippen LogP contribution in [0.3, 0.4) is 0 Å². The van der Waals surface area contributed by atoms with Crippen LogP contribution >= 0.6 is 11.6 Å². The number of nitrogens with zero attached hydrogens (tertiary/aromatic N) is 4. The smallest absolute Gasteiger partial charge is 0.258 e. The Balaban J connectivity index is 2.58. The van der Waals surface area contributed by atoms with Crippen molar-refractivity contribution >= 4 is 17.3 Å². The maximum atomic E-state index is 10.7. The number of aromatic nitrogens is 2. The quantitative estimate of drug-likeness (QED) is 0.626. The van der Waals surface area contributed by atoms with E-state index in [0.717, 1.165) is 0 Å². The number of hydrogen-bond acceptors (Lipinski definition) is 4. The van der Waals surface area contributed by atoms with Crippen LogP contribution in [-0.2, 0) is 5.41 Å². The molecule has 0 aliphatic heterocycles. The fraction of sp³-hybridized carbons (Fsp3) is 0.286. The van der Waals surface area contributed by atoms with Crippen molar-refractivity contribution in [2.75, 3.05) is 0 Å². The van der Waals surface area contributed by atoms with Crippen molar-refractivity contribution in [3.8, 4) is 11.8 Å². The second-order valence-corrected chi connectivity index (χ2v) is 5.92. The first-order valence-corrected chi connectivity index (χ1v) is 6.57. The number of rotatable bonds is 2. The highest BCUT2D eigenvalue weighted by molar-refractivity contribution is 6.31. The standard InChI is InChI=1S/C14H13ClN4O2/c1-14(2,3)12-11(8-16)13(15)18(17-12)9-4-6-10(7-5-9)19(20)21/h4-7H,1-3H3. The minimum atomic E-state index is -0.476. The summed E-state index contributed by atoms with van der Waals surface area (Å²) in [5.41, 5.74) is 1.13. The predicted molar refractivity (Wildman–Crippen MR) is 78.6 cm³/mol. The minimum absolute atomic E-state index is 0.0152. The minimum Gasteiger partial charge on any atom is -0.258 e. The first kappa shape index (κ1) is 15.0. The maximum absolute atomic E-state index is 10.7. The van der Waals surface area contributed by atoms with Crippen LogP contribution < -0.4 is 0 Å². The Labute approximate surface area is 126 Å². The lowest BCUT2D eigenvalue weighted by Gasteiger charge is -2.15. The molecule has 0 bridgehead atoms. The Kier molecular flexibility index (Phi) is 3.71. The van der Waals surface area contributed by atoms with Crippen molar-refractivity contribution in [1.82, 2.24) is 9.78 Å². The molecular weight excluding hydrogens is 292 g/mol. The number of benzene rings is 1. The average molecular weight is 305 g/mol. The van der Waals surface area contributed by atoms with Crippen LogP contribution in [0.4, 0.5) is 5.69 Å². The van der Waals surface area contributed by atoms with E-state index in [4.69, 9.17) is 11.6 Å². The first-order valence-electron chi connectivity index (χ1n) is 6.19. The van der Waals surface area contributed by atoms with E-state index in [1.165, 1.54) is 16.8 Å². The van der Waals surface area contributed by atoms with Gasteiger partial charge in [-0.25, -0.2) is 4.68 Å². The van der Waals surface area contributed by atoms with E-state index >= 15 is 0 Å². The van der Waals surface area contributed by atoms with Crippen molar-refractivity contribution in [2.45, 2.75) is 26.2 Å². The molecule has 0 amide bonds. The number of halogens is 1. The number of nitro groups is 1. The number of nitriles is 1. The Bertz CT molecular complexity index is 736. The molecule has 0 radical (unpaired) electrons. The topological polar surface area (TPSA) is 84.8 Å². The summed E-state index contributed by atoms with van der Waals surface area (Å²) < 4.78 is 1.42. The van der Waals surface area contributed by atoms with E-state index in [1.807, 2.05) is 20.8 Å². The van der Waals surface area contributed by atoms with Gasteiger partial charge in [-0.05, 0) is 12.1 Å². The zero-order valence-corrected chi connectivity index (χ0v) is 12.5. The van der Waals surface area contributed by atoms with E-state index in [9.17, 15) is 15.4 Å². The van der Waals surface area contributed by atoms with Gasteiger partial charge in [-0.1, -0.05) is 32.4 Å².